The summed E-state index contributed by atoms with van der Waals surface area (Å²) in [6.45, 7) is 5.06. The predicted molar refractivity (Wildman–Crippen MR) is 44.1 cm³/mol. The third-order valence-corrected chi connectivity index (χ3v) is 1.45. The van der Waals surface area contributed by atoms with Crippen molar-refractivity contribution in [1.29, 1.82) is 0 Å². The molecule has 0 bridgehead atoms. The Kier molecular flexibility index (Phi) is 4.51. The molecule has 0 aromatic carbocycles. The maximum Gasteiger partial charge on any atom is 0.323 e. The van der Waals surface area contributed by atoms with E-state index in [1.807, 2.05) is 0 Å². The van der Waals surface area contributed by atoms with E-state index in [9.17, 15) is 9.59 Å². The van der Waals surface area contributed by atoms with E-state index in [1.165, 1.54) is 6.92 Å². The van der Waals surface area contributed by atoms with Crippen molar-refractivity contribution in [3.8, 4) is 0 Å². The highest BCUT2D eigenvalue weighted by atomic mass is 16.5. The fourth-order valence-electron chi connectivity index (χ4n) is 0.549. The summed E-state index contributed by atoms with van der Waals surface area (Å²) in [4.78, 5) is 21.0. The van der Waals surface area contributed by atoms with Gasteiger partial charge in [-0.1, -0.05) is 13.8 Å². The van der Waals surface area contributed by atoms with Crippen LogP contribution < -0.4 is 5.73 Å². The van der Waals surface area contributed by atoms with Crippen LogP contribution in [0.25, 0.3) is 0 Å². The van der Waals surface area contributed by atoms with Gasteiger partial charge in [0, 0.05) is 0 Å². The second-order valence-corrected chi connectivity index (χ2v) is 2.97. The highest BCUT2D eigenvalue weighted by Gasteiger charge is 2.20. The van der Waals surface area contributed by atoms with Gasteiger partial charge in [0.15, 0.2) is 6.10 Å². The number of rotatable bonds is 4. The highest BCUT2D eigenvalue weighted by molar-refractivity contribution is 5.77. The van der Waals surface area contributed by atoms with Gasteiger partial charge >= 0.3 is 5.97 Å². The molecule has 69 valence electrons. The molecule has 1 unspecified atom stereocenters. The maximum atomic E-state index is 11.0. The average Bonchev–Trinajstić information content (AvgIpc) is 2.02. The molecule has 0 spiro atoms. The minimum absolute atomic E-state index is 0.0105. The Morgan fingerprint density at radius 3 is 2.25 bits per heavy atom. The Hall–Kier alpha value is -0.900. The summed E-state index contributed by atoms with van der Waals surface area (Å²) in [6, 6.07) is -0.666. The first-order valence-corrected chi connectivity index (χ1v) is 3.82. The van der Waals surface area contributed by atoms with Crippen molar-refractivity contribution in [3.05, 3.63) is 0 Å². The minimum Gasteiger partial charge on any atom is -0.453 e. The van der Waals surface area contributed by atoms with Crippen molar-refractivity contribution in [2.75, 3.05) is 0 Å². The van der Waals surface area contributed by atoms with Crippen LogP contribution in [-0.2, 0) is 14.3 Å². The van der Waals surface area contributed by atoms with E-state index in [4.69, 9.17) is 5.73 Å². The van der Waals surface area contributed by atoms with Gasteiger partial charge in [0.2, 0.25) is 6.29 Å². The zero-order valence-corrected chi connectivity index (χ0v) is 7.53. The predicted octanol–water partition coefficient (Wildman–Crippen LogP) is 0.0111. The summed E-state index contributed by atoms with van der Waals surface area (Å²) in [5, 5.41) is 0. The number of carbonyl (C=O) groups excluding carboxylic acids is 2. The fraction of sp³-hybridized carbons (Fsp3) is 0.750. The molecule has 12 heavy (non-hydrogen) atoms. The first kappa shape index (κ1) is 11.1. The van der Waals surface area contributed by atoms with Crippen molar-refractivity contribution in [1.82, 2.24) is 0 Å². The van der Waals surface area contributed by atoms with Crippen LogP contribution in [0, 0.1) is 5.92 Å². The van der Waals surface area contributed by atoms with Crippen LogP contribution in [0.4, 0.5) is 0 Å². The number of ether oxygens (including phenoxy) is 1. The van der Waals surface area contributed by atoms with Crippen LogP contribution >= 0.6 is 0 Å². The molecule has 0 rings (SSSR count). The van der Waals surface area contributed by atoms with Crippen molar-refractivity contribution in [2.45, 2.75) is 32.9 Å². The lowest BCUT2D eigenvalue weighted by Crippen LogP contribution is -2.38. The Labute approximate surface area is 72.1 Å². The van der Waals surface area contributed by atoms with E-state index in [2.05, 4.69) is 4.74 Å². The lowest BCUT2D eigenvalue weighted by molar-refractivity contribution is -0.148. The van der Waals surface area contributed by atoms with Gasteiger partial charge in [-0.3, -0.25) is 9.59 Å². The van der Waals surface area contributed by atoms with E-state index < -0.39 is 18.1 Å². The fourth-order valence-corrected chi connectivity index (χ4v) is 0.549. The van der Waals surface area contributed by atoms with Gasteiger partial charge in [-0.2, -0.15) is 0 Å². The maximum absolute atomic E-state index is 11.0. The third-order valence-electron chi connectivity index (χ3n) is 1.45. The molecule has 0 amide bonds. The molecule has 4 nitrogen and oxygen atoms in total. The molecule has 0 fully saturated rings. The molecular formula is C8H14NO3. The number of carbonyl (C=O) groups is 1. The van der Waals surface area contributed by atoms with Gasteiger partial charge in [0.25, 0.3) is 0 Å². The molecule has 0 aromatic heterocycles. The molecule has 0 saturated heterocycles. The van der Waals surface area contributed by atoms with E-state index in [-0.39, 0.29) is 5.92 Å². The van der Waals surface area contributed by atoms with Crippen LogP contribution in [0.3, 0.4) is 0 Å². The minimum atomic E-state index is -0.831. The summed E-state index contributed by atoms with van der Waals surface area (Å²) in [5.41, 5.74) is 5.46. The number of esters is 1. The van der Waals surface area contributed by atoms with Gasteiger partial charge in [-0.05, 0) is 12.8 Å². The molecule has 0 aliphatic carbocycles. The number of hydrogen-bond acceptors (Lipinski definition) is 4. The summed E-state index contributed by atoms with van der Waals surface area (Å²) < 4.78 is 4.64. The molecule has 0 heterocycles. The molecule has 0 aliphatic rings. The molecule has 4 heteroatoms. The second kappa shape index (κ2) is 4.87. The Morgan fingerprint density at radius 2 is 1.92 bits per heavy atom. The zero-order chi connectivity index (χ0) is 9.72. The monoisotopic (exact) mass is 172 g/mol. The van der Waals surface area contributed by atoms with Crippen LogP contribution in [-0.4, -0.2) is 24.4 Å². The molecule has 0 aliphatic heterocycles. The average molecular weight is 172 g/mol. The lowest BCUT2D eigenvalue weighted by Gasteiger charge is -2.15. The van der Waals surface area contributed by atoms with Gasteiger partial charge in [0.1, 0.15) is 6.04 Å². The molecule has 0 aromatic rings. The standard InChI is InChI=1S/C8H14NO3/c1-5(2)7(9)8(11)12-6(3)4-10/h5-7H,9H2,1-3H3/t6?,7-/m0/s1. The van der Waals surface area contributed by atoms with Crippen LogP contribution in [0.15, 0.2) is 0 Å². The molecule has 1 radical (unpaired) electrons. The Morgan fingerprint density at radius 1 is 1.42 bits per heavy atom. The summed E-state index contributed by atoms with van der Waals surface area (Å²) in [5.74, 6) is -0.544. The van der Waals surface area contributed by atoms with E-state index in [0.717, 1.165) is 0 Å². The van der Waals surface area contributed by atoms with Crippen LogP contribution in [0.1, 0.15) is 20.8 Å². The number of hydrogen-bond donors (Lipinski definition) is 1. The molecule has 2 N–H and O–H groups in total. The van der Waals surface area contributed by atoms with Crippen LogP contribution in [0.2, 0.25) is 0 Å². The van der Waals surface area contributed by atoms with Gasteiger partial charge in [0.05, 0.1) is 0 Å². The molecular weight excluding hydrogens is 158 g/mol. The topological polar surface area (TPSA) is 69.4 Å². The van der Waals surface area contributed by atoms with Crippen LogP contribution in [0.5, 0.6) is 0 Å². The molecule has 2 atom stereocenters. The van der Waals surface area contributed by atoms with Gasteiger partial charge in [-0.25, -0.2) is 0 Å². The normalized spacial score (nSPS) is 15.4. The quantitative estimate of drug-likeness (QED) is 0.606. The summed E-state index contributed by atoms with van der Waals surface area (Å²) >= 11 is 0. The van der Waals surface area contributed by atoms with Crippen molar-refractivity contribution in [3.63, 3.8) is 0 Å². The smallest absolute Gasteiger partial charge is 0.323 e. The van der Waals surface area contributed by atoms with E-state index in [0.29, 0.717) is 0 Å². The lowest BCUT2D eigenvalue weighted by atomic mass is 10.1. The van der Waals surface area contributed by atoms with Crippen molar-refractivity contribution < 1.29 is 14.3 Å². The summed E-state index contributed by atoms with van der Waals surface area (Å²) in [7, 11) is 0. The first-order chi connectivity index (χ1) is 5.49. The van der Waals surface area contributed by atoms with Crippen molar-refractivity contribution >= 4 is 12.3 Å². The molecule has 0 saturated carbocycles. The van der Waals surface area contributed by atoms with Gasteiger partial charge in [-0.15, -0.1) is 0 Å². The van der Waals surface area contributed by atoms with Gasteiger partial charge < -0.3 is 10.5 Å². The second-order valence-electron chi connectivity index (χ2n) is 2.97. The number of nitrogens with two attached hydrogens (primary N) is 1. The Balaban J connectivity index is 3.95. The summed E-state index contributed by atoms with van der Waals surface area (Å²) in [6.07, 6.45) is 0.710. The first-order valence-electron chi connectivity index (χ1n) is 3.82. The third kappa shape index (κ3) is 3.48. The highest BCUT2D eigenvalue weighted by Crippen LogP contribution is 2.01. The Bertz CT molecular complexity index is 168. The van der Waals surface area contributed by atoms with Crippen molar-refractivity contribution in [2.24, 2.45) is 11.7 Å². The van der Waals surface area contributed by atoms with E-state index >= 15 is 0 Å². The largest absolute Gasteiger partial charge is 0.453 e. The van der Waals surface area contributed by atoms with E-state index in [1.54, 1.807) is 20.1 Å². The SMILES string of the molecule is CC([C]=O)OC(=O)[C@@H](N)C(C)C. The zero-order valence-electron chi connectivity index (χ0n) is 7.53.